The highest BCUT2D eigenvalue weighted by molar-refractivity contribution is 5.87. The zero-order valence-corrected chi connectivity index (χ0v) is 11.3. The van der Waals surface area contributed by atoms with Crippen molar-refractivity contribution in [3.8, 4) is 0 Å². The Balaban J connectivity index is 2.00. The molecule has 0 aliphatic carbocycles. The van der Waals surface area contributed by atoms with Crippen molar-refractivity contribution in [1.29, 1.82) is 0 Å². The normalized spacial score (nSPS) is 16.7. The first kappa shape index (κ1) is 13.4. The highest BCUT2D eigenvalue weighted by Crippen LogP contribution is 2.19. The number of nitrogens with one attached hydrogen (secondary N) is 1. The molecule has 0 aromatic heterocycles. The van der Waals surface area contributed by atoms with Crippen LogP contribution in [0, 0.1) is 0 Å². The van der Waals surface area contributed by atoms with Crippen LogP contribution in [0.2, 0.25) is 0 Å². The van der Waals surface area contributed by atoms with Crippen LogP contribution < -0.4 is 5.32 Å². The van der Waals surface area contributed by atoms with Gasteiger partial charge >= 0.3 is 6.09 Å². The molecule has 5 heteroatoms. The molecule has 0 atom stereocenters. The van der Waals surface area contributed by atoms with Crippen LogP contribution in [0.1, 0.15) is 19.8 Å². The molecule has 1 N–H and O–H groups in total. The van der Waals surface area contributed by atoms with Gasteiger partial charge in [0.2, 0.25) is 0 Å². The molecule has 19 heavy (non-hydrogen) atoms. The zero-order chi connectivity index (χ0) is 13.7. The SMILES string of the molecule is CCOC(=O)Nc1ccc(N=C2CCCN2C)cc1. The molecular formula is C14H19N3O2. The average molecular weight is 261 g/mol. The molecule has 0 spiro atoms. The summed E-state index contributed by atoms with van der Waals surface area (Å²) in [4.78, 5) is 18.0. The van der Waals surface area contributed by atoms with Crippen LogP contribution >= 0.6 is 0 Å². The fraction of sp³-hybridized carbons (Fsp3) is 0.429. The van der Waals surface area contributed by atoms with Crippen molar-refractivity contribution in [2.75, 3.05) is 25.5 Å². The van der Waals surface area contributed by atoms with E-state index in [0.717, 1.165) is 30.9 Å². The van der Waals surface area contributed by atoms with Gasteiger partial charge in [0.05, 0.1) is 12.3 Å². The summed E-state index contributed by atoms with van der Waals surface area (Å²) in [6, 6.07) is 7.43. The lowest BCUT2D eigenvalue weighted by molar-refractivity contribution is 0.168. The van der Waals surface area contributed by atoms with Crippen molar-refractivity contribution in [1.82, 2.24) is 4.90 Å². The molecule has 1 aromatic rings. The summed E-state index contributed by atoms with van der Waals surface area (Å²) < 4.78 is 4.81. The smallest absolute Gasteiger partial charge is 0.411 e. The first-order valence-electron chi connectivity index (χ1n) is 6.51. The number of anilines is 1. The fourth-order valence-corrected chi connectivity index (χ4v) is 1.99. The molecule has 5 nitrogen and oxygen atoms in total. The van der Waals surface area contributed by atoms with Crippen molar-refractivity contribution in [2.45, 2.75) is 19.8 Å². The molecule has 0 bridgehead atoms. The Labute approximate surface area is 113 Å². The molecule has 102 valence electrons. The first-order valence-corrected chi connectivity index (χ1v) is 6.51. The van der Waals surface area contributed by atoms with Crippen LogP contribution in [0.15, 0.2) is 29.3 Å². The number of hydrogen-bond donors (Lipinski definition) is 1. The van der Waals surface area contributed by atoms with E-state index in [1.165, 1.54) is 0 Å². The predicted molar refractivity (Wildman–Crippen MR) is 76.0 cm³/mol. The largest absolute Gasteiger partial charge is 0.450 e. The highest BCUT2D eigenvalue weighted by Gasteiger charge is 2.13. The number of aliphatic imine (C=N–C) groups is 1. The molecule has 0 saturated carbocycles. The third-order valence-corrected chi connectivity index (χ3v) is 2.98. The second kappa shape index (κ2) is 6.22. The molecule has 0 radical (unpaired) electrons. The number of carbonyl (C=O) groups is 1. The van der Waals surface area contributed by atoms with E-state index in [9.17, 15) is 4.79 Å². The third-order valence-electron chi connectivity index (χ3n) is 2.98. The molecule has 1 aliphatic heterocycles. The van der Waals surface area contributed by atoms with Crippen LogP contribution in [-0.4, -0.2) is 37.0 Å². The molecule has 1 heterocycles. The molecule has 0 unspecified atom stereocenters. The van der Waals surface area contributed by atoms with Crippen molar-refractivity contribution in [3.05, 3.63) is 24.3 Å². The average Bonchev–Trinajstić information content (AvgIpc) is 2.78. The van der Waals surface area contributed by atoms with Crippen molar-refractivity contribution in [3.63, 3.8) is 0 Å². The van der Waals surface area contributed by atoms with Crippen LogP contribution in [0.5, 0.6) is 0 Å². The van der Waals surface area contributed by atoms with E-state index in [2.05, 4.69) is 22.3 Å². The van der Waals surface area contributed by atoms with Crippen molar-refractivity contribution in [2.24, 2.45) is 4.99 Å². The highest BCUT2D eigenvalue weighted by atomic mass is 16.5. The summed E-state index contributed by atoms with van der Waals surface area (Å²) in [6.07, 6.45) is 1.76. The third kappa shape index (κ3) is 3.71. The van der Waals surface area contributed by atoms with Gasteiger partial charge < -0.3 is 9.64 Å². The van der Waals surface area contributed by atoms with E-state index in [1.54, 1.807) is 6.92 Å². The number of amidine groups is 1. The second-order valence-corrected chi connectivity index (χ2v) is 4.45. The van der Waals surface area contributed by atoms with Crippen LogP contribution in [0.4, 0.5) is 16.2 Å². The van der Waals surface area contributed by atoms with E-state index in [-0.39, 0.29) is 0 Å². The van der Waals surface area contributed by atoms with Gasteiger partial charge in [0.25, 0.3) is 0 Å². The lowest BCUT2D eigenvalue weighted by Gasteiger charge is -2.11. The topological polar surface area (TPSA) is 53.9 Å². The summed E-state index contributed by atoms with van der Waals surface area (Å²) in [5.41, 5.74) is 1.61. The minimum atomic E-state index is -0.433. The summed E-state index contributed by atoms with van der Waals surface area (Å²) >= 11 is 0. The monoisotopic (exact) mass is 261 g/mol. The number of hydrogen-bond acceptors (Lipinski definition) is 3. The van der Waals surface area contributed by atoms with Gasteiger partial charge in [-0.25, -0.2) is 9.79 Å². The lowest BCUT2D eigenvalue weighted by atomic mass is 10.3. The van der Waals surface area contributed by atoms with Crippen LogP contribution in [0.3, 0.4) is 0 Å². The summed E-state index contributed by atoms with van der Waals surface area (Å²) in [5.74, 6) is 1.12. The Morgan fingerprint density at radius 2 is 2.16 bits per heavy atom. The van der Waals surface area contributed by atoms with Gasteiger partial charge in [-0.3, -0.25) is 5.32 Å². The summed E-state index contributed by atoms with van der Waals surface area (Å²) in [6.45, 7) is 3.21. The predicted octanol–water partition coefficient (Wildman–Crippen LogP) is 3.01. The summed E-state index contributed by atoms with van der Waals surface area (Å²) in [7, 11) is 2.06. The number of carbonyl (C=O) groups excluding carboxylic acids is 1. The molecule has 1 saturated heterocycles. The Bertz CT molecular complexity index is 468. The van der Waals surface area contributed by atoms with Gasteiger partial charge in [-0.05, 0) is 37.6 Å². The van der Waals surface area contributed by atoms with Crippen molar-refractivity contribution < 1.29 is 9.53 Å². The zero-order valence-electron chi connectivity index (χ0n) is 11.3. The molecular weight excluding hydrogens is 242 g/mol. The Morgan fingerprint density at radius 1 is 1.42 bits per heavy atom. The fourth-order valence-electron chi connectivity index (χ4n) is 1.99. The maximum Gasteiger partial charge on any atom is 0.411 e. The minimum Gasteiger partial charge on any atom is -0.450 e. The van der Waals surface area contributed by atoms with E-state index in [0.29, 0.717) is 12.3 Å². The molecule has 1 aliphatic rings. The van der Waals surface area contributed by atoms with Gasteiger partial charge in [0, 0.05) is 25.7 Å². The summed E-state index contributed by atoms with van der Waals surface area (Å²) in [5, 5.41) is 2.65. The first-order chi connectivity index (χ1) is 9.19. The number of amides is 1. The van der Waals surface area contributed by atoms with E-state index < -0.39 is 6.09 Å². The van der Waals surface area contributed by atoms with Gasteiger partial charge in [-0.2, -0.15) is 0 Å². The Morgan fingerprint density at radius 3 is 2.74 bits per heavy atom. The maximum atomic E-state index is 11.3. The van der Waals surface area contributed by atoms with Gasteiger partial charge in [-0.1, -0.05) is 0 Å². The Kier molecular flexibility index (Phi) is 4.39. The number of nitrogens with zero attached hydrogens (tertiary/aromatic N) is 2. The van der Waals surface area contributed by atoms with Crippen molar-refractivity contribution >= 4 is 23.3 Å². The maximum absolute atomic E-state index is 11.3. The second-order valence-electron chi connectivity index (χ2n) is 4.45. The van der Waals surface area contributed by atoms with Gasteiger partial charge in [0.1, 0.15) is 5.84 Å². The van der Waals surface area contributed by atoms with Crippen LogP contribution in [0.25, 0.3) is 0 Å². The number of rotatable bonds is 3. The Hall–Kier alpha value is -2.04. The molecule has 2 rings (SSSR count). The molecule has 1 fully saturated rings. The molecule has 1 amide bonds. The minimum absolute atomic E-state index is 0.365. The van der Waals surface area contributed by atoms with Crippen LogP contribution in [-0.2, 0) is 4.74 Å². The standard InChI is InChI=1S/C14H19N3O2/c1-3-19-14(18)16-12-8-6-11(7-9-12)15-13-5-4-10-17(13)2/h6-9H,3-5,10H2,1-2H3,(H,16,18). The lowest BCUT2D eigenvalue weighted by Crippen LogP contribution is -2.18. The molecule has 1 aromatic carbocycles. The van der Waals surface area contributed by atoms with Gasteiger partial charge in [0.15, 0.2) is 0 Å². The number of ether oxygens (including phenoxy) is 1. The number of likely N-dealkylation sites (tertiary alicyclic amines) is 1. The van der Waals surface area contributed by atoms with Gasteiger partial charge in [-0.15, -0.1) is 0 Å². The van der Waals surface area contributed by atoms with E-state index in [4.69, 9.17) is 4.74 Å². The number of benzene rings is 1. The van der Waals surface area contributed by atoms with E-state index in [1.807, 2.05) is 24.3 Å². The van der Waals surface area contributed by atoms with E-state index >= 15 is 0 Å². The quantitative estimate of drug-likeness (QED) is 0.910.